The summed E-state index contributed by atoms with van der Waals surface area (Å²) in [5.41, 5.74) is 0. The Labute approximate surface area is 109 Å². The van der Waals surface area contributed by atoms with Crippen molar-refractivity contribution in [1.29, 1.82) is 0 Å². The van der Waals surface area contributed by atoms with Gasteiger partial charge in [-0.15, -0.1) is 0 Å². The molecule has 18 heavy (non-hydrogen) atoms. The molecule has 0 amide bonds. The maximum Gasteiger partial charge on any atom is 0.135 e. The number of methoxy groups -OCH3 is 1. The van der Waals surface area contributed by atoms with Crippen LogP contribution < -0.4 is 10.6 Å². The van der Waals surface area contributed by atoms with Gasteiger partial charge >= 0.3 is 0 Å². The van der Waals surface area contributed by atoms with Gasteiger partial charge in [0.05, 0.1) is 6.10 Å². The van der Waals surface area contributed by atoms with Crippen molar-refractivity contribution in [3.8, 4) is 0 Å². The molecule has 0 aliphatic heterocycles. The second-order valence-corrected chi connectivity index (χ2v) is 4.61. The third kappa shape index (κ3) is 4.49. The van der Waals surface area contributed by atoms with Crippen LogP contribution in [0.3, 0.4) is 0 Å². The van der Waals surface area contributed by atoms with Crippen LogP contribution in [0.5, 0.6) is 0 Å². The molecule has 0 saturated heterocycles. The largest absolute Gasteiger partial charge is 0.380 e. The van der Waals surface area contributed by atoms with Gasteiger partial charge in [0.15, 0.2) is 0 Å². The zero-order valence-electron chi connectivity index (χ0n) is 11.9. The fourth-order valence-electron chi connectivity index (χ4n) is 1.42. The molecule has 1 rings (SSSR count). The minimum absolute atomic E-state index is 0.157. The lowest BCUT2D eigenvalue weighted by atomic mass is 10.2. The van der Waals surface area contributed by atoms with Gasteiger partial charge in [-0.05, 0) is 13.8 Å². The zero-order chi connectivity index (χ0) is 13.5. The molecular weight excluding hydrogens is 228 g/mol. The van der Waals surface area contributed by atoms with E-state index >= 15 is 0 Å². The Morgan fingerprint density at radius 1 is 1.17 bits per heavy atom. The predicted molar refractivity (Wildman–Crippen MR) is 75.2 cm³/mol. The van der Waals surface area contributed by atoms with Gasteiger partial charge in [0.2, 0.25) is 0 Å². The van der Waals surface area contributed by atoms with Crippen molar-refractivity contribution < 1.29 is 4.74 Å². The molecule has 1 aromatic rings. The lowest BCUT2D eigenvalue weighted by Gasteiger charge is -2.14. The molecule has 1 aromatic heterocycles. The van der Waals surface area contributed by atoms with E-state index in [-0.39, 0.29) is 6.10 Å². The average Bonchev–Trinajstić information content (AvgIpc) is 2.36. The van der Waals surface area contributed by atoms with E-state index in [2.05, 4.69) is 41.4 Å². The second-order valence-electron chi connectivity index (χ2n) is 4.61. The normalized spacial score (nSPS) is 12.6. The summed E-state index contributed by atoms with van der Waals surface area (Å²) in [5.74, 6) is 2.86. The lowest BCUT2D eigenvalue weighted by molar-refractivity contribution is 0.128. The summed E-state index contributed by atoms with van der Waals surface area (Å²) in [5, 5.41) is 6.50. The Balaban J connectivity index is 2.82. The van der Waals surface area contributed by atoms with Gasteiger partial charge in [0.25, 0.3) is 0 Å². The quantitative estimate of drug-likeness (QED) is 0.780. The zero-order valence-corrected chi connectivity index (χ0v) is 11.9. The molecule has 0 aliphatic rings. The maximum absolute atomic E-state index is 5.21. The second kappa shape index (κ2) is 7.16. The highest BCUT2D eigenvalue weighted by atomic mass is 16.5. The number of anilines is 2. The molecule has 0 aromatic carbocycles. The van der Waals surface area contributed by atoms with Gasteiger partial charge in [-0.25, -0.2) is 9.97 Å². The van der Waals surface area contributed by atoms with E-state index in [0.29, 0.717) is 5.92 Å². The number of nitrogens with one attached hydrogen (secondary N) is 2. The van der Waals surface area contributed by atoms with E-state index in [9.17, 15) is 0 Å². The molecule has 1 atom stereocenters. The molecule has 0 fully saturated rings. The lowest BCUT2D eigenvalue weighted by Crippen LogP contribution is -2.19. The summed E-state index contributed by atoms with van der Waals surface area (Å²) in [4.78, 5) is 8.98. The third-order valence-electron chi connectivity index (χ3n) is 2.59. The highest BCUT2D eigenvalue weighted by molar-refractivity contribution is 5.47. The summed E-state index contributed by atoms with van der Waals surface area (Å²) in [6.07, 6.45) is 0.157. The van der Waals surface area contributed by atoms with Crippen molar-refractivity contribution in [3.05, 3.63) is 11.9 Å². The molecule has 0 spiro atoms. The first-order valence-corrected chi connectivity index (χ1v) is 6.46. The number of aromatic nitrogens is 2. The van der Waals surface area contributed by atoms with E-state index in [1.807, 2.05) is 13.0 Å². The molecule has 1 unspecified atom stereocenters. The molecule has 0 bridgehead atoms. The molecular formula is C13H24N4O. The number of nitrogens with zero attached hydrogens (tertiary/aromatic N) is 2. The fraction of sp³-hybridized carbons (Fsp3) is 0.692. The molecule has 5 heteroatoms. The Hall–Kier alpha value is -1.36. The smallest absolute Gasteiger partial charge is 0.135 e. The van der Waals surface area contributed by atoms with Crippen LogP contribution in [-0.4, -0.2) is 36.3 Å². The fourth-order valence-corrected chi connectivity index (χ4v) is 1.42. The van der Waals surface area contributed by atoms with Gasteiger partial charge in [0, 0.05) is 32.2 Å². The minimum atomic E-state index is 0.157. The van der Waals surface area contributed by atoms with Crippen LogP contribution in [0, 0.1) is 0 Å². The van der Waals surface area contributed by atoms with Crippen LogP contribution in [0.25, 0.3) is 0 Å². The van der Waals surface area contributed by atoms with Gasteiger partial charge in [-0.2, -0.15) is 0 Å². The summed E-state index contributed by atoms with van der Waals surface area (Å²) in [7, 11) is 1.70. The third-order valence-corrected chi connectivity index (χ3v) is 2.59. The SMILES string of the molecule is CCNc1cc(NCC(C)OC)nc(C(C)C)n1. The van der Waals surface area contributed by atoms with Crippen LogP contribution in [0.1, 0.15) is 39.4 Å². The summed E-state index contributed by atoms with van der Waals surface area (Å²) < 4.78 is 5.21. The van der Waals surface area contributed by atoms with Crippen molar-refractivity contribution in [3.63, 3.8) is 0 Å². The van der Waals surface area contributed by atoms with Crippen LogP contribution in [-0.2, 0) is 4.74 Å². The van der Waals surface area contributed by atoms with Crippen molar-refractivity contribution in [2.45, 2.75) is 39.7 Å². The van der Waals surface area contributed by atoms with E-state index < -0.39 is 0 Å². The summed E-state index contributed by atoms with van der Waals surface area (Å²) in [6, 6.07) is 1.93. The molecule has 102 valence electrons. The van der Waals surface area contributed by atoms with E-state index in [1.165, 1.54) is 0 Å². The highest BCUT2D eigenvalue weighted by Crippen LogP contribution is 2.16. The van der Waals surface area contributed by atoms with Crippen LogP contribution >= 0.6 is 0 Å². The van der Waals surface area contributed by atoms with E-state index in [4.69, 9.17) is 4.74 Å². The van der Waals surface area contributed by atoms with Gasteiger partial charge in [0.1, 0.15) is 17.5 Å². The Morgan fingerprint density at radius 2 is 1.78 bits per heavy atom. The molecule has 0 saturated carbocycles. The van der Waals surface area contributed by atoms with Crippen LogP contribution in [0.15, 0.2) is 6.07 Å². The number of hydrogen-bond acceptors (Lipinski definition) is 5. The Kier molecular flexibility index (Phi) is 5.85. The predicted octanol–water partition coefficient (Wildman–Crippen LogP) is 2.48. The number of hydrogen-bond donors (Lipinski definition) is 2. The Bertz CT molecular complexity index is 368. The standard InChI is InChI=1S/C13H24N4O/c1-6-14-11-7-12(15-8-10(4)18-5)17-13(16-11)9(2)3/h7,9-10H,6,8H2,1-5H3,(H2,14,15,16,17). The van der Waals surface area contributed by atoms with Crippen molar-refractivity contribution in [1.82, 2.24) is 9.97 Å². The van der Waals surface area contributed by atoms with Crippen molar-refractivity contribution in [2.24, 2.45) is 0 Å². The highest BCUT2D eigenvalue weighted by Gasteiger charge is 2.08. The molecule has 5 nitrogen and oxygen atoms in total. The van der Waals surface area contributed by atoms with Crippen LogP contribution in [0.4, 0.5) is 11.6 Å². The number of rotatable bonds is 7. The maximum atomic E-state index is 5.21. The van der Waals surface area contributed by atoms with Gasteiger partial charge in [-0.3, -0.25) is 0 Å². The molecule has 2 N–H and O–H groups in total. The monoisotopic (exact) mass is 252 g/mol. The molecule has 0 aliphatic carbocycles. The summed E-state index contributed by atoms with van der Waals surface area (Å²) >= 11 is 0. The first-order valence-electron chi connectivity index (χ1n) is 6.46. The molecule has 1 heterocycles. The van der Waals surface area contributed by atoms with Gasteiger partial charge < -0.3 is 15.4 Å². The molecule has 0 radical (unpaired) electrons. The van der Waals surface area contributed by atoms with E-state index in [1.54, 1.807) is 7.11 Å². The first-order chi connectivity index (χ1) is 8.56. The van der Waals surface area contributed by atoms with Crippen LogP contribution in [0.2, 0.25) is 0 Å². The number of ether oxygens (including phenoxy) is 1. The Morgan fingerprint density at radius 3 is 2.28 bits per heavy atom. The average molecular weight is 252 g/mol. The van der Waals surface area contributed by atoms with Crippen molar-refractivity contribution >= 4 is 11.6 Å². The summed E-state index contributed by atoms with van der Waals surface area (Å²) in [6.45, 7) is 9.83. The van der Waals surface area contributed by atoms with Crippen molar-refractivity contribution in [2.75, 3.05) is 30.8 Å². The van der Waals surface area contributed by atoms with Gasteiger partial charge in [-0.1, -0.05) is 13.8 Å². The first kappa shape index (κ1) is 14.7. The topological polar surface area (TPSA) is 59.1 Å². The minimum Gasteiger partial charge on any atom is -0.380 e. The van der Waals surface area contributed by atoms with E-state index in [0.717, 1.165) is 30.5 Å².